The van der Waals surface area contributed by atoms with Crippen LogP contribution >= 0.6 is 0 Å². The Hall–Kier alpha value is -3.61. The molecule has 0 bridgehead atoms. The zero-order chi connectivity index (χ0) is 21.3. The summed E-state index contributed by atoms with van der Waals surface area (Å²) in [6.45, 7) is 5.85. The first kappa shape index (κ1) is 19.7. The number of anilines is 1. The summed E-state index contributed by atoms with van der Waals surface area (Å²) in [5, 5.41) is 7.51. The number of pyridine rings is 1. The Morgan fingerprint density at radius 3 is 2.57 bits per heavy atom. The number of amides is 1. The van der Waals surface area contributed by atoms with Crippen LogP contribution in [-0.4, -0.2) is 25.5 Å². The number of carbonyl (C=O) groups is 1. The lowest BCUT2D eigenvalue weighted by Gasteiger charge is -2.12. The molecular weight excluding hydrogens is 381 g/mol. The van der Waals surface area contributed by atoms with Crippen molar-refractivity contribution >= 4 is 17.2 Å². The molecule has 152 valence electrons. The van der Waals surface area contributed by atoms with Crippen molar-refractivity contribution in [3.8, 4) is 11.1 Å². The van der Waals surface area contributed by atoms with Crippen LogP contribution in [0, 0.1) is 26.6 Å². The predicted octanol–water partition coefficient (Wildman–Crippen LogP) is 4.43. The summed E-state index contributed by atoms with van der Waals surface area (Å²) in [7, 11) is 0. The number of aryl methyl sites for hydroxylation is 3. The van der Waals surface area contributed by atoms with E-state index < -0.39 is 0 Å². The number of halogens is 1. The van der Waals surface area contributed by atoms with E-state index in [0.29, 0.717) is 18.5 Å². The monoisotopic (exact) mass is 403 g/mol. The van der Waals surface area contributed by atoms with Crippen LogP contribution in [0.1, 0.15) is 29.1 Å². The third-order valence-electron chi connectivity index (χ3n) is 5.18. The quantitative estimate of drug-likeness (QED) is 0.535. The second-order valence-electron chi connectivity index (χ2n) is 7.25. The molecule has 7 heteroatoms. The average Bonchev–Trinajstić information content (AvgIpc) is 3.05. The zero-order valence-electron chi connectivity index (χ0n) is 17.1. The maximum absolute atomic E-state index is 13.3. The summed E-state index contributed by atoms with van der Waals surface area (Å²) in [6, 6.07) is 9.93. The largest absolute Gasteiger partial charge is 0.325 e. The van der Waals surface area contributed by atoms with Gasteiger partial charge in [-0.1, -0.05) is 12.1 Å². The van der Waals surface area contributed by atoms with E-state index in [0.717, 1.165) is 39.4 Å². The highest BCUT2D eigenvalue weighted by Gasteiger charge is 2.18. The number of hydrogen-bond acceptors (Lipinski definition) is 4. The first-order valence-electron chi connectivity index (χ1n) is 9.75. The lowest BCUT2D eigenvalue weighted by Crippen LogP contribution is -2.14. The van der Waals surface area contributed by atoms with E-state index in [2.05, 4.69) is 15.4 Å². The van der Waals surface area contributed by atoms with Gasteiger partial charge in [-0.25, -0.2) is 13.9 Å². The van der Waals surface area contributed by atoms with E-state index in [1.165, 1.54) is 12.1 Å². The van der Waals surface area contributed by atoms with E-state index in [-0.39, 0.29) is 11.7 Å². The van der Waals surface area contributed by atoms with Crippen LogP contribution in [0.2, 0.25) is 0 Å². The van der Waals surface area contributed by atoms with Crippen molar-refractivity contribution in [2.75, 3.05) is 5.32 Å². The van der Waals surface area contributed by atoms with Crippen LogP contribution < -0.4 is 5.32 Å². The fourth-order valence-electron chi connectivity index (χ4n) is 3.68. The highest BCUT2D eigenvalue weighted by Crippen LogP contribution is 2.29. The second kappa shape index (κ2) is 8.02. The van der Waals surface area contributed by atoms with Crippen LogP contribution in [0.4, 0.5) is 10.1 Å². The molecule has 0 saturated carbocycles. The fourth-order valence-corrected chi connectivity index (χ4v) is 3.68. The Morgan fingerprint density at radius 1 is 1.10 bits per heavy atom. The molecule has 0 atom stereocenters. The van der Waals surface area contributed by atoms with E-state index in [4.69, 9.17) is 4.98 Å². The van der Waals surface area contributed by atoms with Gasteiger partial charge in [0.2, 0.25) is 5.91 Å². The summed E-state index contributed by atoms with van der Waals surface area (Å²) < 4.78 is 15.2. The molecule has 0 aliphatic carbocycles. The molecule has 0 spiro atoms. The van der Waals surface area contributed by atoms with Gasteiger partial charge in [-0.2, -0.15) is 5.10 Å². The summed E-state index contributed by atoms with van der Waals surface area (Å²) in [6.07, 6.45) is 4.16. The summed E-state index contributed by atoms with van der Waals surface area (Å²) >= 11 is 0. The smallest absolute Gasteiger partial charge is 0.224 e. The van der Waals surface area contributed by atoms with Gasteiger partial charge in [-0.3, -0.25) is 9.78 Å². The Kier molecular flexibility index (Phi) is 5.27. The molecule has 1 aromatic carbocycles. The van der Waals surface area contributed by atoms with Crippen molar-refractivity contribution in [1.29, 1.82) is 0 Å². The van der Waals surface area contributed by atoms with Crippen LogP contribution in [0.15, 0.2) is 48.8 Å². The van der Waals surface area contributed by atoms with E-state index in [1.54, 1.807) is 36.7 Å². The molecule has 0 saturated heterocycles. The number of benzene rings is 1. The van der Waals surface area contributed by atoms with Crippen LogP contribution in [0.25, 0.3) is 16.8 Å². The number of nitrogens with zero attached hydrogens (tertiary/aromatic N) is 4. The van der Waals surface area contributed by atoms with Gasteiger partial charge in [-0.05, 0) is 62.6 Å². The molecule has 1 N–H and O–H groups in total. The second-order valence-corrected chi connectivity index (χ2v) is 7.25. The van der Waals surface area contributed by atoms with Crippen LogP contribution in [0.3, 0.4) is 0 Å². The van der Waals surface area contributed by atoms with E-state index >= 15 is 0 Å². The highest BCUT2D eigenvalue weighted by molar-refractivity contribution is 5.90. The number of fused-ring (bicyclic) bond motifs is 1. The average molecular weight is 403 g/mol. The van der Waals surface area contributed by atoms with Gasteiger partial charge in [0.15, 0.2) is 5.65 Å². The predicted molar refractivity (Wildman–Crippen MR) is 114 cm³/mol. The Balaban J connectivity index is 1.62. The standard InChI is InChI=1S/C23H22FN5O/c1-14-20(10-11-21(30)27-19-5-4-12-25-13-19)16(3)29-23(26-14)22(15(2)28-29)17-6-8-18(24)9-7-17/h4-9,12-13H,10-11H2,1-3H3,(H,27,30). The van der Waals surface area contributed by atoms with Crippen LogP contribution in [0.5, 0.6) is 0 Å². The lowest BCUT2D eigenvalue weighted by atomic mass is 10.0. The number of nitrogens with one attached hydrogen (secondary N) is 1. The van der Waals surface area contributed by atoms with Crippen molar-refractivity contribution < 1.29 is 9.18 Å². The minimum atomic E-state index is -0.278. The molecule has 0 fully saturated rings. The minimum Gasteiger partial charge on any atom is -0.325 e. The summed E-state index contributed by atoms with van der Waals surface area (Å²) in [5.41, 5.74) is 6.80. The Morgan fingerprint density at radius 2 is 1.87 bits per heavy atom. The van der Waals surface area contributed by atoms with Crippen molar-refractivity contribution in [1.82, 2.24) is 19.6 Å². The minimum absolute atomic E-state index is 0.0782. The maximum Gasteiger partial charge on any atom is 0.224 e. The highest BCUT2D eigenvalue weighted by atomic mass is 19.1. The van der Waals surface area contributed by atoms with Gasteiger partial charge >= 0.3 is 0 Å². The molecule has 6 nitrogen and oxygen atoms in total. The van der Waals surface area contributed by atoms with Crippen molar-refractivity contribution in [2.24, 2.45) is 0 Å². The molecule has 1 amide bonds. The van der Waals surface area contributed by atoms with Gasteiger partial charge < -0.3 is 5.32 Å². The van der Waals surface area contributed by atoms with Gasteiger partial charge in [0, 0.05) is 29.6 Å². The topological polar surface area (TPSA) is 72.2 Å². The third kappa shape index (κ3) is 3.78. The molecular formula is C23H22FN5O. The van der Waals surface area contributed by atoms with Crippen molar-refractivity contribution in [3.05, 3.63) is 77.3 Å². The molecule has 0 unspecified atom stereocenters. The van der Waals surface area contributed by atoms with Gasteiger partial charge in [0.1, 0.15) is 5.82 Å². The molecule has 3 aromatic heterocycles. The molecule has 0 radical (unpaired) electrons. The zero-order valence-corrected chi connectivity index (χ0v) is 17.1. The van der Waals surface area contributed by atoms with E-state index in [1.807, 2.05) is 25.3 Å². The molecule has 0 aliphatic heterocycles. The normalized spacial score (nSPS) is 11.1. The van der Waals surface area contributed by atoms with Gasteiger partial charge in [0.05, 0.1) is 17.6 Å². The molecule has 30 heavy (non-hydrogen) atoms. The maximum atomic E-state index is 13.3. The SMILES string of the molecule is Cc1nc2c(-c3ccc(F)cc3)c(C)nn2c(C)c1CCC(=O)Nc1cccnc1. The summed E-state index contributed by atoms with van der Waals surface area (Å²) in [4.78, 5) is 21.1. The van der Waals surface area contributed by atoms with E-state index in [9.17, 15) is 9.18 Å². The van der Waals surface area contributed by atoms with Gasteiger partial charge in [0.25, 0.3) is 0 Å². The first-order valence-corrected chi connectivity index (χ1v) is 9.75. The van der Waals surface area contributed by atoms with Crippen LogP contribution in [-0.2, 0) is 11.2 Å². The number of rotatable bonds is 5. The Bertz CT molecular complexity index is 1220. The lowest BCUT2D eigenvalue weighted by molar-refractivity contribution is -0.116. The molecule has 4 aromatic rings. The number of aromatic nitrogens is 4. The molecule has 4 rings (SSSR count). The van der Waals surface area contributed by atoms with Crippen molar-refractivity contribution in [3.63, 3.8) is 0 Å². The summed E-state index contributed by atoms with van der Waals surface area (Å²) in [5.74, 6) is -0.356. The third-order valence-corrected chi connectivity index (χ3v) is 5.18. The molecule has 3 heterocycles. The molecule has 0 aliphatic rings. The fraction of sp³-hybridized carbons (Fsp3) is 0.217. The van der Waals surface area contributed by atoms with Crippen molar-refractivity contribution in [2.45, 2.75) is 33.6 Å². The Labute approximate surface area is 173 Å². The number of carbonyl (C=O) groups excluding carboxylic acids is 1. The number of hydrogen-bond donors (Lipinski definition) is 1. The van der Waals surface area contributed by atoms with Gasteiger partial charge in [-0.15, -0.1) is 0 Å². The first-order chi connectivity index (χ1) is 14.4.